The molecule has 26 heavy (non-hydrogen) atoms. The number of likely N-dealkylation sites (tertiary alicyclic amines) is 1. The fourth-order valence-electron chi connectivity index (χ4n) is 3.40. The number of carbonyl (C=O) groups is 1. The molecule has 0 bridgehead atoms. The number of hydrogen-bond acceptors (Lipinski definition) is 5. The van der Waals surface area contributed by atoms with Gasteiger partial charge in [0.1, 0.15) is 6.61 Å². The van der Waals surface area contributed by atoms with Crippen LogP contribution in [0.3, 0.4) is 0 Å². The zero-order chi connectivity index (χ0) is 17.9. The van der Waals surface area contributed by atoms with E-state index in [1.807, 2.05) is 30.0 Å². The van der Waals surface area contributed by atoms with Crippen LogP contribution in [0, 0.1) is 6.92 Å². The fraction of sp³-hybridized carbons (Fsp3) is 0.550. The summed E-state index contributed by atoms with van der Waals surface area (Å²) in [6.07, 6.45) is 4.64. The lowest BCUT2D eigenvalue weighted by molar-refractivity contribution is -0.133. The third-order valence-electron chi connectivity index (χ3n) is 5.10. The van der Waals surface area contributed by atoms with Gasteiger partial charge in [0.05, 0.1) is 12.5 Å². The number of aryl methyl sites for hydroxylation is 1. The summed E-state index contributed by atoms with van der Waals surface area (Å²) in [5.74, 6) is 2.07. The van der Waals surface area contributed by atoms with E-state index in [0.29, 0.717) is 24.8 Å². The molecule has 0 unspecified atom stereocenters. The molecule has 0 spiro atoms. The number of piperidine rings is 1. The van der Waals surface area contributed by atoms with Gasteiger partial charge in [-0.05, 0) is 38.2 Å². The molecule has 138 valence electrons. The molecule has 1 saturated carbocycles. The highest BCUT2D eigenvalue weighted by atomic mass is 16.5. The van der Waals surface area contributed by atoms with Gasteiger partial charge < -0.3 is 14.2 Å². The van der Waals surface area contributed by atoms with Crippen molar-refractivity contribution in [3.05, 3.63) is 47.1 Å². The zero-order valence-corrected chi connectivity index (χ0v) is 15.2. The molecule has 0 N–H and O–H groups in total. The number of aromatic nitrogens is 2. The average molecular weight is 355 g/mol. The number of hydrogen-bond donors (Lipinski definition) is 0. The topological polar surface area (TPSA) is 68.5 Å². The van der Waals surface area contributed by atoms with Gasteiger partial charge in [-0.1, -0.05) is 35.0 Å². The maximum Gasteiger partial charge on any atom is 0.252 e. The van der Waals surface area contributed by atoms with E-state index in [9.17, 15) is 4.79 Å². The van der Waals surface area contributed by atoms with E-state index in [-0.39, 0.29) is 12.0 Å². The van der Waals surface area contributed by atoms with Crippen molar-refractivity contribution in [3.63, 3.8) is 0 Å². The average Bonchev–Trinajstić information content (AvgIpc) is 3.39. The highest BCUT2D eigenvalue weighted by molar-refractivity contribution is 5.78. The molecule has 1 amide bonds. The van der Waals surface area contributed by atoms with Crippen LogP contribution >= 0.6 is 0 Å². The highest BCUT2D eigenvalue weighted by Crippen LogP contribution is 2.38. The molecule has 1 saturated heterocycles. The Hall–Kier alpha value is -2.21. The first-order chi connectivity index (χ1) is 12.7. The fourth-order valence-corrected chi connectivity index (χ4v) is 3.40. The molecule has 2 aliphatic rings. The van der Waals surface area contributed by atoms with Gasteiger partial charge in [0.15, 0.2) is 5.82 Å². The van der Waals surface area contributed by atoms with E-state index >= 15 is 0 Å². The molecule has 1 aliphatic heterocycles. The standard InChI is InChI=1S/C20H25N3O3/c1-14-3-2-4-15(11-14)12-19(24)23-9-7-17(8-10-23)25-13-18-21-20(22-26-18)16-5-6-16/h2-4,11,16-17H,5-10,12-13H2,1H3. The van der Waals surface area contributed by atoms with Gasteiger partial charge in [-0.2, -0.15) is 4.98 Å². The molecule has 0 atom stereocenters. The third-order valence-corrected chi connectivity index (χ3v) is 5.10. The molecule has 0 radical (unpaired) electrons. The van der Waals surface area contributed by atoms with Crippen LogP contribution in [0.5, 0.6) is 0 Å². The first-order valence-corrected chi connectivity index (χ1v) is 9.45. The lowest BCUT2D eigenvalue weighted by Gasteiger charge is -2.31. The predicted octanol–water partition coefficient (Wildman–Crippen LogP) is 3.01. The van der Waals surface area contributed by atoms with Gasteiger partial charge in [0.2, 0.25) is 5.91 Å². The Balaban J connectivity index is 1.21. The summed E-state index contributed by atoms with van der Waals surface area (Å²) < 4.78 is 11.2. The SMILES string of the molecule is Cc1cccc(CC(=O)N2CCC(OCc3nc(C4CC4)no3)CC2)c1. The summed E-state index contributed by atoms with van der Waals surface area (Å²) in [6, 6.07) is 8.15. The molecule has 2 heterocycles. The number of nitrogens with zero attached hydrogens (tertiary/aromatic N) is 3. The summed E-state index contributed by atoms with van der Waals surface area (Å²) in [4.78, 5) is 18.8. The second kappa shape index (κ2) is 7.58. The highest BCUT2D eigenvalue weighted by Gasteiger charge is 2.29. The maximum absolute atomic E-state index is 12.5. The minimum absolute atomic E-state index is 0.147. The molecular formula is C20H25N3O3. The van der Waals surface area contributed by atoms with Crippen LogP contribution < -0.4 is 0 Å². The van der Waals surface area contributed by atoms with E-state index in [4.69, 9.17) is 9.26 Å². The first-order valence-electron chi connectivity index (χ1n) is 9.45. The van der Waals surface area contributed by atoms with Crippen molar-refractivity contribution in [3.8, 4) is 0 Å². The second-order valence-corrected chi connectivity index (χ2v) is 7.38. The lowest BCUT2D eigenvalue weighted by Crippen LogP contribution is -2.41. The molecule has 1 aromatic carbocycles. The molecule has 1 aromatic heterocycles. The van der Waals surface area contributed by atoms with E-state index < -0.39 is 0 Å². The van der Waals surface area contributed by atoms with Crippen molar-refractivity contribution in [1.29, 1.82) is 0 Å². The van der Waals surface area contributed by atoms with Crippen molar-refractivity contribution in [1.82, 2.24) is 15.0 Å². The van der Waals surface area contributed by atoms with Crippen LogP contribution in [0.4, 0.5) is 0 Å². The molecule has 6 heteroatoms. The summed E-state index contributed by atoms with van der Waals surface area (Å²) in [7, 11) is 0. The number of carbonyl (C=O) groups excluding carboxylic acids is 1. The minimum Gasteiger partial charge on any atom is -0.368 e. The molecule has 1 aliphatic carbocycles. The smallest absolute Gasteiger partial charge is 0.252 e. The lowest BCUT2D eigenvalue weighted by atomic mass is 10.0. The van der Waals surface area contributed by atoms with Crippen LogP contribution in [0.15, 0.2) is 28.8 Å². The van der Waals surface area contributed by atoms with Crippen molar-refractivity contribution < 1.29 is 14.1 Å². The Bertz CT molecular complexity index is 761. The van der Waals surface area contributed by atoms with Crippen molar-refractivity contribution in [2.45, 2.75) is 57.7 Å². The molecule has 2 fully saturated rings. The normalized spacial score (nSPS) is 18.3. The minimum atomic E-state index is 0.147. The van der Waals surface area contributed by atoms with Gasteiger partial charge >= 0.3 is 0 Å². The van der Waals surface area contributed by atoms with Gasteiger partial charge in [0.25, 0.3) is 5.89 Å². The zero-order valence-electron chi connectivity index (χ0n) is 15.2. The Labute approximate surface area is 153 Å². The van der Waals surface area contributed by atoms with Crippen LogP contribution in [0.25, 0.3) is 0 Å². The number of rotatable bonds is 6. The summed E-state index contributed by atoms with van der Waals surface area (Å²) in [5.41, 5.74) is 2.27. The maximum atomic E-state index is 12.5. The van der Waals surface area contributed by atoms with E-state index in [0.717, 1.165) is 50.2 Å². The van der Waals surface area contributed by atoms with Crippen LogP contribution in [0.2, 0.25) is 0 Å². The van der Waals surface area contributed by atoms with E-state index in [1.165, 1.54) is 5.56 Å². The largest absolute Gasteiger partial charge is 0.368 e. The van der Waals surface area contributed by atoms with Crippen molar-refractivity contribution >= 4 is 5.91 Å². The summed E-state index contributed by atoms with van der Waals surface area (Å²) in [6.45, 7) is 3.90. The van der Waals surface area contributed by atoms with Gasteiger partial charge in [-0.3, -0.25) is 4.79 Å². The van der Waals surface area contributed by atoms with Gasteiger partial charge in [-0.15, -0.1) is 0 Å². The first kappa shape index (κ1) is 17.2. The summed E-state index contributed by atoms with van der Waals surface area (Å²) >= 11 is 0. The quantitative estimate of drug-likeness (QED) is 0.797. The predicted molar refractivity (Wildman–Crippen MR) is 95.5 cm³/mol. The monoisotopic (exact) mass is 355 g/mol. The van der Waals surface area contributed by atoms with Gasteiger partial charge in [0, 0.05) is 19.0 Å². The molecular weight excluding hydrogens is 330 g/mol. The molecule has 4 rings (SSSR count). The summed E-state index contributed by atoms with van der Waals surface area (Å²) in [5, 5.41) is 4.00. The van der Waals surface area contributed by atoms with Crippen molar-refractivity contribution in [2.24, 2.45) is 0 Å². The Kier molecular flexibility index (Phi) is 5.02. The molecule has 6 nitrogen and oxygen atoms in total. The number of ether oxygens (including phenoxy) is 1. The van der Waals surface area contributed by atoms with Crippen molar-refractivity contribution in [2.75, 3.05) is 13.1 Å². The van der Waals surface area contributed by atoms with E-state index in [1.54, 1.807) is 0 Å². The Morgan fingerprint density at radius 1 is 1.27 bits per heavy atom. The third kappa shape index (κ3) is 4.30. The second-order valence-electron chi connectivity index (χ2n) is 7.38. The Morgan fingerprint density at radius 2 is 2.08 bits per heavy atom. The number of amides is 1. The number of benzene rings is 1. The van der Waals surface area contributed by atoms with Crippen LogP contribution in [-0.4, -0.2) is 40.1 Å². The Morgan fingerprint density at radius 3 is 2.81 bits per heavy atom. The van der Waals surface area contributed by atoms with Crippen LogP contribution in [0.1, 0.15) is 54.4 Å². The van der Waals surface area contributed by atoms with Crippen LogP contribution in [-0.2, 0) is 22.6 Å². The van der Waals surface area contributed by atoms with E-state index in [2.05, 4.69) is 16.2 Å². The molecule has 2 aromatic rings. The van der Waals surface area contributed by atoms with Gasteiger partial charge in [-0.25, -0.2) is 0 Å².